The molecule has 1 fully saturated rings. The van der Waals surface area contributed by atoms with E-state index in [0.717, 1.165) is 32.4 Å². The van der Waals surface area contributed by atoms with Gasteiger partial charge in [0.25, 0.3) is 5.91 Å². The Bertz CT molecular complexity index is 624. The van der Waals surface area contributed by atoms with Crippen LogP contribution in [0.5, 0.6) is 0 Å². The van der Waals surface area contributed by atoms with E-state index in [2.05, 4.69) is 32.3 Å². The Balaban J connectivity index is 1.56. The summed E-state index contributed by atoms with van der Waals surface area (Å²) >= 11 is 0. The van der Waals surface area contributed by atoms with E-state index < -0.39 is 0 Å². The highest BCUT2D eigenvalue weighted by atomic mass is 16.1. The second kappa shape index (κ2) is 7.02. The molecule has 2 heterocycles. The van der Waals surface area contributed by atoms with Crippen LogP contribution in [-0.4, -0.2) is 35.5 Å². The topological polar surface area (TPSA) is 58.1 Å². The van der Waals surface area contributed by atoms with Crippen molar-refractivity contribution >= 4 is 11.9 Å². The van der Waals surface area contributed by atoms with Crippen molar-refractivity contribution in [1.29, 1.82) is 0 Å². The maximum atomic E-state index is 12.2. The minimum Gasteiger partial charge on any atom is -0.350 e. The number of hydrogen-bond donors (Lipinski definition) is 1. The average molecular weight is 296 g/mol. The normalized spacial score (nSPS) is 14.1. The Morgan fingerprint density at radius 3 is 2.68 bits per heavy atom. The zero-order valence-corrected chi connectivity index (χ0v) is 12.5. The second-order valence-corrected chi connectivity index (χ2v) is 5.43. The molecule has 0 atom stereocenters. The number of amides is 1. The molecule has 0 spiro atoms. The lowest BCUT2D eigenvalue weighted by molar-refractivity contribution is 0.0949. The molecule has 22 heavy (non-hydrogen) atoms. The molecule has 1 amide bonds. The molecule has 0 unspecified atom stereocenters. The van der Waals surface area contributed by atoms with Crippen molar-refractivity contribution in [2.24, 2.45) is 0 Å². The van der Waals surface area contributed by atoms with Gasteiger partial charge in [-0.05, 0) is 30.9 Å². The van der Waals surface area contributed by atoms with Gasteiger partial charge in [-0.15, -0.1) is 0 Å². The number of carbonyl (C=O) groups excluding carboxylic acids is 1. The smallest absolute Gasteiger partial charge is 0.270 e. The third-order valence-corrected chi connectivity index (χ3v) is 3.81. The van der Waals surface area contributed by atoms with Crippen LogP contribution < -0.4 is 10.2 Å². The highest BCUT2D eigenvalue weighted by Gasteiger charge is 2.16. The third-order valence-electron chi connectivity index (χ3n) is 3.81. The molecular weight excluding hydrogens is 276 g/mol. The largest absolute Gasteiger partial charge is 0.350 e. The standard InChI is InChI=1S/C17H20N4O/c22-16(18-10-8-14-6-2-1-3-7-14)15-9-11-19-17(20-15)21-12-4-5-13-21/h1-3,6-7,9,11H,4-5,8,10,12-13H2,(H,18,22). The van der Waals surface area contributed by atoms with Crippen LogP contribution in [0.15, 0.2) is 42.6 Å². The zero-order valence-electron chi connectivity index (χ0n) is 12.5. The number of anilines is 1. The molecule has 1 aliphatic heterocycles. The van der Waals surface area contributed by atoms with Crippen molar-refractivity contribution in [1.82, 2.24) is 15.3 Å². The van der Waals surface area contributed by atoms with Gasteiger partial charge in [0.15, 0.2) is 0 Å². The first-order valence-corrected chi connectivity index (χ1v) is 7.73. The summed E-state index contributed by atoms with van der Waals surface area (Å²) in [6, 6.07) is 11.8. The number of aromatic nitrogens is 2. The van der Waals surface area contributed by atoms with Crippen molar-refractivity contribution in [3.05, 3.63) is 53.9 Å². The van der Waals surface area contributed by atoms with Crippen LogP contribution >= 0.6 is 0 Å². The zero-order chi connectivity index (χ0) is 15.2. The molecule has 1 aliphatic rings. The highest BCUT2D eigenvalue weighted by Crippen LogP contribution is 2.15. The fraction of sp³-hybridized carbons (Fsp3) is 0.353. The summed E-state index contributed by atoms with van der Waals surface area (Å²) in [5.41, 5.74) is 1.65. The van der Waals surface area contributed by atoms with Gasteiger partial charge in [-0.3, -0.25) is 4.79 Å². The fourth-order valence-electron chi connectivity index (χ4n) is 2.60. The number of nitrogens with one attached hydrogen (secondary N) is 1. The Hall–Kier alpha value is -2.43. The lowest BCUT2D eigenvalue weighted by atomic mass is 10.1. The van der Waals surface area contributed by atoms with Gasteiger partial charge in [-0.2, -0.15) is 0 Å². The molecule has 0 bridgehead atoms. The van der Waals surface area contributed by atoms with Crippen LogP contribution in [0.2, 0.25) is 0 Å². The SMILES string of the molecule is O=C(NCCc1ccccc1)c1ccnc(N2CCCC2)n1. The molecule has 0 saturated carbocycles. The lowest BCUT2D eigenvalue weighted by Crippen LogP contribution is -2.28. The molecule has 0 aliphatic carbocycles. The van der Waals surface area contributed by atoms with Gasteiger partial charge in [0.2, 0.25) is 5.95 Å². The van der Waals surface area contributed by atoms with Crippen LogP contribution in [0.3, 0.4) is 0 Å². The molecule has 1 saturated heterocycles. The van der Waals surface area contributed by atoms with Gasteiger partial charge in [-0.1, -0.05) is 30.3 Å². The van der Waals surface area contributed by atoms with Crippen LogP contribution in [0.25, 0.3) is 0 Å². The number of nitrogens with zero attached hydrogens (tertiary/aromatic N) is 3. The van der Waals surface area contributed by atoms with Crippen LogP contribution in [0.1, 0.15) is 28.9 Å². The number of rotatable bonds is 5. The number of hydrogen-bond acceptors (Lipinski definition) is 4. The summed E-state index contributed by atoms with van der Waals surface area (Å²) < 4.78 is 0. The van der Waals surface area contributed by atoms with Gasteiger partial charge >= 0.3 is 0 Å². The Kier molecular flexibility index (Phi) is 4.63. The van der Waals surface area contributed by atoms with Crippen LogP contribution in [-0.2, 0) is 6.42 Å². The molecule has 114 valence electrons. The van der Waals surface area contributed by atoms with E-state index in [0.29, 0.717) is 18.2 Å². The van der Waals surface area contributed by atoms with Crippen molar-refractivity contribution in [2.45, 2.75) is 19.3 Å². The van der Waals surface area contributed by atoms with Gasteiger partial charge in [0.1, 0.15) is 5.69 Å². The Morgan fingerprint density at radius 2 is 1.91 bits per heavy atom. The van der Waals surface area contributed by atoms with E-state index in [4.69, 9.17) is 0 Å². The quantitative estimate of drug-likeness (QED) is 0.917. The first kappa shape index (κ1) is 14.5. The maximum Gasteiger partial charge on any atom is 0.270 e. The first-order valence-electron chi connectivity index (χ1n) is 7.73. The third kappa shape index (κ3) is 3.61. The predicted octanol–water partition coefficient (Wildman–Crippen LogP) is 2.05. The minimum atomic E-state index is -0.140. The van der Waals surface area contributed by atoms with E-state index in [-0.39, 0.29) is 5.91 Å². The van der Waals surface area contributed by atoms with Crippen molar-refractivity contribution in [3.63, 3.8) is 0 Å². The van der Waals surface area contributed by atoms with Crippen LogP contribution in [0.4, 0.5) is 5.95 Å². The van der Waals surface area contributed by atoms with Gasteiger partial charge in [0.05, 0.1) is 0 Å². The average Bonchev–Trinajstić information content (AvgIpc) is 3.10. The Labute approximate surface area is 130 Å². The monoisotopic (exact) mass is 296 g/mol. The Morgan fingerprint density at radius 1 is 1.14 bits per heavy atom. The number of benzene rings is 1. The van der Waals surface area contributed by atoms with Gasteiger partial charge < -0.3 is 10.2 Å². The second-order valence-electron chi connectivity index (χ2n) is 5.43. The summed E-state index contributed by atoms with van der Waals surface area (Å²) in [5, 5.41) is 2.92. The summed E-state index contributed by atoms with van der Waals surface area (Å²) in [6.07, 6.45) is 4.80. The summed E-state index contributed by atoms with van der Waals surface area (Å²) in [7, 11) is 0. The van der Waals surface area contributed by atoms with Crippen molar-refractivity contribution in [3.8, 4) is 0 Å². The van der Waals surface area contributed by atoms with Crippen molar-refractivity contribution in [2.75, 3.05) is 24.5 Å². The minimum absolute atomic E-state index is 0.140. The molecular formula is C17H20N4O. The molecule has 5 nitrogen and oxygen atoms in total. The van der Waals surface area contributed by atoms with Crippen molar-refractivity contribution < 1.29 is 4.79 Å². The van der Waals surface area contributed by atoms with E-state index in [1.807, 2.05) is 18.2 Å². The van der Waals surface area contributed by atoms with Crippen LogP contribution in [0, 0.1) is 0 Å². The van der Waals surface area contributed by atoms with Gasteiger partial charge in [0, 0.05) is 25.8 Å². The molecule has 1 aromatic carbocycles. The van der Waals surface area contributed by atoms with Gasteiger partial charge in [-0.25, -0.2) is 9.97 Å². The highest BCUT2D eigenvalue weighted by molar-refractivity contribution is 5.92. The predicted molar refractivity (Wildman–Crippen MR) is 86.0 cm³/mol. The summed E-state index contributed by atoms with van der Waals surface area (Å²) in [6.45, 7) is 2.55. The fourth-order valence-corrected chi connectivity index (χ4v) is 2.60. The first-order chi connectivity index (χ1) is 10.8. The molecule has 5 heteroatoms. The lowest BCUT2D eigenvalue weighted by Gasteiger charge is -2.15. The van der Waals surface area contributed by atoms with E-state index >= 15 is 0 Å². The molecule has 2 aromatic rings. The number of carbonyl (C=O) groups is 1. The molecule has 1 N–H and O–H groups in total. The molecule has 0 radical (unpaired) electrons. The van der Waals surface area contributed by atoms with E-state index in [1.54, 1.807) is 12.3 Å². The maximum absolute atomic E-state index is 12.2. The summed E-state index contributed by atoms with van der Waals surface area (Å²) in [4.78, 5) is 23.0. The summed E-state index contributed by atoms with van der Waals surface area (Å²) in [5.74, 6) is 0.520. The van der Waals surface area contributed by atoms with E-state index in [9.17, 15) is 4.79 Å². The molecule has 1 aromatic heterocycles. The van der Waals surface area contributed by atoms with E-state index in [1.165, 1.54) is 5.56 Å². The molecule has 3 rings (SSSR count).